The summed E-state index contributed by atoms with van der Waals surface area (Å²) >= 11 is 0. The maximum atomic E-state index is 10.5. The first-order valence-electron chi connectivity index (χ1n) is 3.34. The van der Waals surface area contributed by atoms with Gasteiger partial charge in [0.15, 0.2) is 0 Å². The zero-order valence-corrected chi connectivity index (χ0v) is 6.40. The normalized spacial score (nSPS) is 11.7. The third kappa shape index (κ3) is 3.95. The largest absolute Gasteiger partial charge is 0.300 e. The van der Waals surface area contributed by atoms with Crippen molar-refractivity contribution in [3.63, 3.8) is 0 Å². The summed E-state index contributed by atoms with van der Waals surface area (Å²) in [6.07, 6.45) is 3.64. The number of hydrogen-bond acceptors (Lipinski definition) is 1. The van der Waals surface area contributed by atoms with Gasteiger partial charge < -0.3 is 0 Å². The Hall–Kier alpha value is -0.590. The van der Waals surface area contributed by atoms with Crippen LogP contribution < -0.4 is 0 Å². The maximum Gasteiger partial charge on any atom is 0.133 e. The van der Waals surface area contributed by atoms with Gasteiger partial charge in [-0.3, -0.25) is 4.79 Å². The average Bonchev–Trinajstić information content (AvgIpc) is 1.82. The second kappa shape index (κ2) is 4.30. The molecule has 0 saturated carbocycles. The molecule has 0 amide bonds. The lowest BCUT2D eigenvalue weighted by Crippen LogP contribution is -1.91. The van der Waals surface area contributed by atoms with E-state index < -0.39 is 0 Å². The molecule has 0 N–H and O–H groups in total. The maximum absolute atomic E-state index is 10.5. The molecular formula is C8H14O. The molecule has 0 aliphatic carbocycles. The minimum Gasteiger partial charge on any atom is -0.300 e. The van der Waals surface area contributed by atoms with Gasteiger partial charge in [-0.2, -0.15) is 0 Å². The van der Waals surface area contributed by atoms with Crippen LogP contribution >= 0.6 is 0 Å². The van der Waals surface area contributed by atoms with Crippen molar-refractivity contribution in [3.8, 4) is 0 Å². The molecule has 0 bridgehead atoms. The standard InChI is InChI=1S/C8H14O/c1-4-8(5-2)6-7(3)9/h4H,5-6H2,1-3H3/b8-4-. The van der Waals surface area contributed by atoms with E-state index in [0.29, 0.717) is 6.42 Å². The van der Waals surface area contributed by atoms with Crippen molar-refractivity contribution < 1.29 is 4.79 Å². The molecule has 1 nitrogen and oxygen atoms in total. The topological polar surface area (TPSA) is 17.1 Å². The monoisotopic (exact) mass is 126 g/mol. The summed E-state index contributed by atoms with van der Waals surface area (Å²) in [5.74, 6) is 0.255. The van der Waals surface area contributed by atoms with Crippen LogP contribution in [0.4, 0.5) is 0 Å². The molecule has 9 heavy (non-hydrogen) atoms. The number of hydrogen-bond donors (Lipinski definition) is 0. The van der Waals surface area contributed by atoms with Gasteiger partial charge >= 0.3 is 0 Å². The second-order valence-corrected chi connectivity index (χ2v) is 2.18. The highest BCUT2D eigenvalue weighted by Gasteiger charge is 1.95. The van der Waals surface area contributed by atoms with E-state index in [0.717, 1.165) is 6.42 Å². The van der Waals surface area contributed by atoms with Crippen molar-refractivity contribution >= 4 is 5.78 Å². The zero-order valence-electron chi connectivity index (χ0n) is 6.40. The Bertz CT molecular complexity index is 123. The van der Waals surface area contributed by atoms with Crippen molar-refractivity contribution in [2.75, 3.05) is 0 Å². The van der Waals surface area contributed by atoms with Crippen molar-refractivity contribution in [1.82, 2.24) is 0 Å². The van der Waals surface area contributed by atoms with Crippen LogP contribution in [-0.4, -0.2) is 5.78 Å². The van der Waals surface area contributed by atoms with Gasteiger partial charge in [0.1, 0.15) is 5.78 Å². The summed E-state index contributed by atoms with van der Waals surface area (Å²) < 4.78 is 0. The molecule has 0 aliphatic rings. The molecule has 0 aliphatic heterocycles. The van der Waals surface area contributed by atoms with Crippen LogP contribution in [0.2, 0.25) is 0 Å². The third-order valence-electron chi connectivity index (χ3n) is 1.34. The Morgan fingerprint density at radius 1 is 1.56 bits per heavy atom. The summed E-state index contributed by atoms with van der Waals surface area (Å²) in [5.41, 5.74) is 1.24. The first kappa shape index (κ1) is 8.41. The Balaban J connectivity index is 3.71. The van der Waals surface area contributed by atoms with E-state index in [2.05, 4.69) is 6.92 Å². The van der Waals surface area contributed by atoms with E-state index >= 15 is 0 Å². The average molecular weight is 126 g/mol. The number of carbonyl (C=O) groups excluding carboxylic acids is 1. The quantitative estimate of drug-likeness (QED) is 0.530. The highest BCUT2D eigenvalue weighted by Crippen LogP contribution is 2.05. The first-order chi connectivity index (χ1) is 4.20. The lowest BCUT2D eigenvalue weighted by molar-refractivity contribution is -0.116. The molecule has 0 aromatic heterocycles. The van der Waals surface area contributed by atoms with Crippen LogP contribution in [0.15, 0.2) is 11.6 Å². The fourth-order valence-electron chi connectivity index (χ4n) is 0.751. The molecule has 0 aromatic rings. The van der Waals surface area contributed by atoms with E-state index in [9.17, 15) is 4.79 Å². The molecule has 0 atom stereocenters. The predicted molar refractivity (Wildman–Crippen MR) is 39.3 cm³/mol. The Kier molecular flexibility index (Phi) is 4.02. The predicted octanol–water partition coefficient (Wildman–Crippen LogP) is 2.32. The first-order valence-corrected chi connectivity index (χ1v) is 3.34. The summed E-state index contributed by atoms with van der Waals surface area (Å²) in [4.78, 5) is 10.5. The lowest BCUT2D eigenvalue weighted by Gasteiger charge is -1.97. The van der Waals surface area contributed by atoms with Gasteiger partial charge in [-0.05, 0) is 20.3 Å². The summed E-state index contributed by atoms with van der Waals surface area (Å²) in [5, 5.41) is 0. The SMILES string of the molecule is C/C=C(/CC)CC(C)=O. The highest BCUT2D eigenvalue weighted by molar-refractivity contribution is 5.78. The number of allylic oxidation sites excluding steroid dienone is 2. The van der Waals surface area contributed by atoms with Crippen molar-refractivity contribution in [2.45, 2.75) is 33.6 Å². The summed E-state index contributed by atoms with van der Waals surface area (Å²) in [6, 6.07) is 0. The molecule has 52 valence electrons. The minimum absolute atomic E-state index is 0.255. The highest BCUT2D eigenvalue weighted by atomic mass is 16.1. The van der Waals surface area contributed by atoms with Crippen molar-refractivity contribution in [2.24, 2.45) is 0 Å². The van der Waals surface area contributed by atoms with Crippen LogP contribution in [0.5, 0.6) is 0 Å². The molecule has 0 radical (unpaired) electrons. The molecule has 0 spiro atoms. The molecule has 1 heteroatoms. The van der Waals surface area contributed by atoms with Crippen LogP contribution in [0, 0.1) is 0 Å². The number of carbonyl (C=O) groups is 1. The zero-order chi connectivity index (χ0) is 7.28. The van der Waals surface area contributed by atoms with Crippen molar-refractivity contribution in [1.29, 1.82) is 0 Å². The molecule has 0 saturated heterocycles. The van der Waals surface area contributed by atoms with E-state index in [4.69, 9.17) is 0 Å². The van der Waals surface area contributed by atoms with E-state index in [1.807, 2.05) is 13.0 Å². The molecular weight excluding hydrogens is 112 g/mol. The van der Waals surface area contributed by atoms with Gasteiger partial charge in [0.2, 0.25) is 0 Å². The molecule has 0 aromatic carbocycles. The van der Waals surface area contributed by atoms with Gasteiger partial charge in [-0.25, -0.2) is 0 Å². The number of rotatable bonds is 3. The van der Waals surface area contributed by atoms with Gasteiger partial charge in [-0.15, -0.1) is 0 Å². The second-order valence-electron chi connectivity index (χ2n) is 2.18. The van der Waals surface area contributed by atoms with Crippen LogP contribution in [0.3, 0.4) is 0 Å². The molecule has 0 fully saturated rings. The Morgan fingerprint density at radius 2 is 2.11 bits per heavy atom. The number of Topliss-reactive ketones (excluding diaryl/α,β-unsaturated/α-hetero) is 1. The van der Waals surface area contributed by atoms with Gasteiger partial charge in [0.05, 0.1) is 0 Å². The van der Waals surface area contributed by atoms with Crippen LogP contribution in [0.1, 0.15) is 33.6 Å². The summed E-state index contributed by atoms with van der Waals surface area (Å²) in [6.45, 7) is 5.67. The van der Waals surface area contributed by atoms with E-state index in [-0.39, 0.29) is 5.78 Å². The molecule has 0 heterocycles. The molecule has 0 rings (SSSR count). The Morgan fingerprint density at radius 3 is 2.22 bits per heavy atom. The lowest BCUT2D eigenvalue weighted by atomic mass is 10.1. The fourth-order valence-corrected chi connectivity index (χ4v) is 0.751. The summed E-state index contributed by atoms with van der Waals surface area (Å²) in [7, 11) is 0. The fraction of sp³-hybridized carbons (Fsp3) is 0.625. The minimum atomic E-state index is 0.255. The number of ketones is 1. The van der Waals surface area contributed by atoms with E-state index in [1.54, 1.807) is 6.92 Å². The van der Waals surface area contributed by atoms with Crippen LogP contribution in [-0.2, 0) is 4.79 Å². The third-order valence-corrected chi connectivity index (χ3v) is 1.34. The Labute approximate surface area is 56.8 Å². The van der Waals surface area contributed by atoms with Crippen LogP contribution in [0.25, 0.3) is 0 Å². The smallest absolute Gasteiger partial charge is 0.133 e. The van der Waals surface area contributed by atoms with E-state index in [1.165, 1.54) is 5.57 Å². The van der Waals surface area contributed by atoms with Gasteiger partial charge in [0.25, 0.3) is 0 Å². The van der Waals surface area contributed by atoms with Gasteiger partial charge in [0, 0.05) is 6.42 Å². The van der Waals surface area contributed by atoms with Gasteiger partial charge in [-0.1, -0.05) is 18.6 Å². The van der Waals surface area contributed by atoms with Crippen molar-refractivity contribution in [3.05, 3.63) is 11.6 Å². The molecule has 0 unspecified atom stereocenters.